The second kappa shape index (κ2) is 3.83. The van der Waals surface area contributed by atoms with Gasteiger partial charge in [-0.15, -0.1) is 0 Å². The number of hydrogen-bond acceptors (Lipinski definition) is 3. The molecule has 0 aliphatic carbocycles. The second-order valence-electron chi connectivity index (χ2n) is 2.33. The molecule has 3 nitrogen and oxygen atoms in total. The van der Waals surface area contributed by atoms with E-state index in [0.717, 1.165) is 11.5 Å². The molecule has 0 aromatic heterocycles. The molecule has 3 N–H and O–H groups in total. The fourth-order valence-corrected chi connectivity index (χ4v) is 1.86. The summed E-state index contributed by atoms with van der Waals surface area (Å²) in [7, 11) is 0. The Labute approximate surface area is 64.7 Å². The lowest BCUT2D eigenvalue weighted by Crippen LogP contribution is -2.40. The van der Waals surface area contributed by atoms with E-state index in [1.807, 2.05) is 0 Å². The van der Waals surface area contributed by atoms with Crippen molar-refractivity contribution in [1.82, 2.24) is 5.32 Å². The maximum atomic E-state index is 10.9. The maximum absolute atomic E-state index is 10.9. The van der Waals surface area contributed by atoms with E-state index >= 15 is 0 Å². The largest absolute Gasteiger partial charge is 0.351 e. The van der Waals surface area contributed by atoms with E-state index in [4.69, 9.17) is 5.73 Å². The van der Waals surface area contributed by atoms with Crippen LogP contribution in [0.15, 0.2) is 0 Å². The second-order valence-corrected chi connectivity index (χ2v) is 3.47. The molecule has 1 unspecified atom stereocenters. The molecule has 1 saturated heterocycles. The highest BCUT2D eigenvalue weighted by molar-refractivity contribution is 7.99. The zero-order valence-electron chi connectivity index (χ0n) is 5.80. The van der Waals surface area contributed by atoms with Crippen molar-refractivity contribution in [3.63, 3.8) is 0 Å². The van der Waals surface area contributed by atoms with Gasteiger partial charge in [-0.3, -0.25) is 4.79 Å². The van der Waals surface area contributed by atoms with E-state index in [-0.39, 0.29) is 11.9 Å². The molecule has 4 heteroatoms. The summed E-state index contributed by atoms with van der Waals surface area (Å²) in [4.78, 5) is 10.9. The highest BCUT2D eigenvalue weighted by Gasteiger charge is 2.14. The van der Waals surface area contributed by atoms with Crippen molar-refractivity contribution < 1.29 is 4.79 Å². The van der Waals surface area contributed by atoms with Gasteiger partial charge in [0.25, 0.3) is 0 Å². The van der Waals surface area contributed by atoms with E-state index in [1.165, 1.54) is 0 Å². The fourth-order valence-electron chi connectivity index (χ4n) is 0.859. The van der Waals surface area contributed by atoms with Crippen molar-refractivity contribution in [2.75, 3.05) is 18.1 Å². The molecule has 1 aliphatic rings. The minimum absolute atomic E-state index is 0.139. The predicted molar refractivity (Wildman–Crippen MR) is 42.9 cm³/mol. The molecule has 0 aromatic rings. The van der Waals surface area contributed by atoms with Crippen LogP contribution in [0.5, 0.6) is 0 Å². The van der Waals surface area contributed by atoms with Gasteiger partial charge in [0, 0.05) is 24.5 Å². The molecular weight excluding hydrogens is 148 g/mol. The van der Waals surface area contributed by atoms with Gasteiger partial charge in [0.2, 0.25) is 5.91 Å². The SMILES string of the molecule is NCC1CSCCC(=O)N1. The molecule has 0 bridgehead atoms. The number of nitrogens with two attached hydrogens (primary N) is 1. The highest BCUT2D eigenvalue weighted by Crippen LogP contribution is 2.08. The molecule has 1 heterocycles. The molecule has 10 heavy (non-hydrogen) atoms. The monoisotopic (exact) mass is 160 g/mol. The molecule has 0 aromatic carbocycles. The van der Waals surface area contributed by atoms with Gasteiger partial charge in [-0.2, -0.15) is 11.8 Å². The highest BCUT2D eigenvalue weighted by atomic mass is 32.2. The van der Waals surface area contributed by atoms with Crippen molar-refractivity contribution in [3.8, 4) is 0 Å². The lowest BCUT2D eigenvalue weighted by molar-refractivity contribution is -0.121. The topological polar surface area (TPSA) is 55.1 Å². The summed E-state index contributed by atoms with van der Waals surface area (Å²) >= 11 is 1.79. The molecule has 0 spiro atoms. The van der Waals surface area contributed by atoms with Crippen molar-refractivity contribution in [2.45, 2.75) is 12.5 Å². The Kier molecular flexibility index (Phi) is 3.02. The van der Waals surface area contributed by atoms with E-state index in [9.17, 15) is 4.79 Å². The molecule has 1 atom stereocenters. The molecule has 1 amide bonds. The minimum atomic E-state index is 0.139. The van der Waals surface area contributed by atoms with Gasteiger partial charge >= 0.3 is 0 Å². The van der Waals surface area contributed by atoms with Crippen LogP contribution < -0.4 is 11.1 Å². The Bertz CT molecular complexity index is 129. The van der Waals surface area contributed by atoms with Gasteiger partial charge in [-0.05, 0) is 0 Å². The minimum Gasteiger partial charge on any atom is -0.351 e. The van der Waals surface area contributed by atoms with E-state index in [0.29, 0.717) is 13.0 Å². The number of hydrogen-bond donors (Lipinski definition) is 2. The number of thioether (sulfide) groups is 1. The number of rotatable bonds is 1. The molecule has 0 saturated carbocycles. The predicted octanol–water partition coefficient (Wildman–Crippen LogP) is -0.433. The van der Waals surface area contributed by atoms with Gasteiger partial charge in [-0.25, -0.2) is 0 Å². The first-order valence-corrected chi connectivity index (χ1v) is 4.55. The normalized spacial score (nSPS) is 27.3. The van der Waals surface area contributed by atoms with Crippen LogP contribution in [0.1, 0.15) is 6.42 Å². The first-order valence-electron chi connectivity index (χ1n) is 3.40. The summed E-state index contributed by atoms with van der Waals surface area (Å²) in [6.07, 6.45) is 0.640. The Morgan fingerprint density at radius 1 is 1.80 bits per heavy atom. The Hall–Kier alpha value is -0.220. The van der Waals surface area contributed by atoms with Crippen molar-refractivity contribution in [3.05, 3.63) is 0 Å². The summed E-state index contributed by atoms with van der Waals surface area (Å²) in [5, 5.41) is 2.84. The lowest BCUT2D eigenvalue weighted by Gasteiger charge is -2.11. The summed E-state index contributed by atoms with van der Waals surface area (Å²) < 4.78 is 0. The number of amides is 1. The van der Waals surface area contributed by atoms with Crippen LogP contribution in [-0.4, -0.2) is 30.0 Å². The van der Waals surface area contributed by atoms with Crippen LogP contribution in [0.25, 0.3) is 0 Å². The smallest absolute Gasteiger partial charge is 0.221 e. The summed E-state index contributed by atoms with van der Waals surface area (Å²) in [6, 6.07) is 0.194. The number of nitrogens with one attached hydrogen (secondary N) is 1. The first kappa shape index (κ1) is 7.88. The summed E-state index contributed by atoms with van der Waals surface area (Å²) in [6.45, 7) is 0.554. The lowest BCUT2D eigenvalue weighted by atomic mass is 10.3. The van der Waals surface area contributed by atoms with Gasteiger partial charge < -0.3 is 11.1 Å². The standard InChI is InChI=1S/C6H12N2OS/c7-3-5-4-10-2-1-6(9)8-5/h5H,1-4,7H2,(H,8,9). The third-order valence-electron chi connectivity index (χ3n) is 1.44. The van der Waals surface area contributed by atoms with E-state index < -0.39 is 0 Å². The van der Waals surface area contributed by atoms with Crippen LogP contribution in [0, 0.1) is 0 Å². The van der Waals surface area contributed by atoms with E-state index in [2.05, 4.69) is 5.32 Å². The molecular formula is C6H12N2OS. The Morgan fingerprint density at radius 3 is 3.30 bits per heavy atom. The quantitative estimate of drug-likeness (QED) is 0.547. The van der Waals surface area contributed by atoms with Gasteiger partial charge in [0.1, 0.15) is 0 Å². The Morgan fingerprint density at radius 2 is 2.60 bits per heavy atom. The van der Waals surface area contributed by atoms with Crippen LogP contribution in [0.4, 0.5) is 0 Å². The Balaban J connectivity index is 2.38. The average Bonchev–Trinajstić information content (AvgIpc) is 2.13. The van der Waals surface area contributed by atoms with Crippen LogP contribution >= 0.6 is 11.8 Å². The molecule has 0 radical (unpaired) electrons. The van der Waals surface area contributed by atoms with Gasteiger partial charge in [0.15, 0.2) is 0 Å². The van der Waals surface area contributed by atoms with E-state index in [1.54, 1.807) is 11.8 Å². The number of carbonyl (C=O) groups is 1. The molecule has 1 rings (SSSR count). The van der Waals surface area contributed by atoms with Crippen molar-refractivity contribution >= 4 is 17.7 Å². The van der Waals surface area contributed by atoms with Crippen LogP contribution in [0.2, 0.25) is 0 Å². The number of carbonyl (C=O) groups excluding carboxylic acids is 1. The fraction of sp³-hybridized carbons (Fsp3) is 0.833. The maximum Gasteiger partial charge on any atom is 0.221 e. The third kappa shape index (κ3) is 2.19. The zero-order chi connectivity index (χ0) is 7.40. The summed E-state index contributed by atoms with van der Waals surface area (Å²) in [5.74, 6) is 2.03. The zero-order valence-corrected chi connectivity index (χ0v) is 6.62. The van der Waals surface area contributed by atoms with Crippen molar-refractivity contribution in [1.29, 1.82) is 0 Å². The summed E-state index contributed by atoms with van der Waals surface area (Å²) in [5.41, 5.74) is 5.41. The average molecular weight is 160 g/mol. The van der Waals surface area contributed by atoms with Gasteiger partial charge in [-0.1, -0.05) is 0 Å². The first-order chi connectivity index (χ1) is 4.83. The van der Waals surface area contributed by atoms with Crippen LogP contribution in [0.3, 0.4) is 0 Å². The van der Waals surface area contributed by atoms with Crippen LogP contribution in [-0.2, 0) is 4.79 Å². The molecule has 58 valence electrons. The molecule has 1 aliphatic heterocycles. The van der Waals surface area contributed by atoms with Crippen molar-refractivity contribution in [2.24, 2.45) is 5.73 Å². The molecule has 1 fully saturated rings. The third-order valence-corrected chi connectivity index (χ3v) is 2.57. The van der Waals surface area contributed by atoms with Gasteiger partial charge in [0.05, 0.1) is 6.04 Å².